The molecule has 0 spiro atoms. The summed E-state index contributed by atoms with van der Waals surface area (Å²) in [7, 11) is 0. The molecule has 2 amide bonds. The van der Waals surface area contributed by atoms with Crippen LogP contribution in [0.4, 0.5) is 0 Å². The van der Waals surface area contributed by atoms with Crippen molar-refractivity contribution in [3.63, 3.8) is 0 Å². The number of hydrogen-bond donors (Lipinski definition) is 4. The number of carbonyl (C=O) groups is 2. The van der Waals surface area contributed by atoms with Gasteiger partial charge in [-0.15, -0.1) is 0 Å². The number of amidine groups is 1. The number of amides is 2. The Balaban J connectivity index is 1.59. The predicted octanol–water partition coefficient (Wildman–Crippen LogP) is 3.14. The number of nitrogen functional groups attached to an aromatic ring is 1. The van der Waals surface area contributed by atoms with E-state index in [2.05, 4.69) is 34.9 Å². The van der Waals surface area contributed by atoms with E-state index in [4.69, 9.17) is 11.1 Å². The van der Waals surface area contributed by atoms with Crippen molar-refractivity contribution in [2.45, 2.75) is 25.4 Å². The molecule has 0 aliphatic carbocycles. The summed E-state index contributed by atoms with van der Waals surface area (Å²) >= 11 is 0. The van der Waals surface area contributed by atoms with Gasteiger partial charge in [0, 0.05) is 42.0 Å². The van der Waals surface area contributed by atoms with Crippen LogP contribution in [0.2, 0.25) is 0 Å². The number of rotatable bonds is 5. The number of piperidine rings is 1. The van der Waals surface area contributed by atoms with Gasteiger partial charge in [0.25, 0.3) is 5.91 Å². The average Bonchev–Trinajstić information content (AvgIpc) is 3.17. The zero-order valence-electron chi connectivity index (χ0n) is 18.1. The molecule has 0 saturated carbocycles. The van der Waals surface area contributed by atoms with E-state index in [9.17, 15) is 9.59 Å². The summed E-state index contributed by atoms with van der Waals surface area (Å²) in [6.45, 7) is 1.05. The molecule has 5 rings (SSSR count). The molecule has 1 saturated heterocycles. The SMILES string of the molecule is N=C(N)c1ccc2cc(C(=O)NC3CCNC(=O)C3)n(Cc3cccc4ccccc34)c2c1. The maximum atomic E-state index is 13.4. The van der Waals surface area contributed by atoms with Gasteiger partial charge in [0.05, 0.1) is 0 Å². The van der Waals surface area contributed by atoms with E-state index in [1.54, 1.807) is 6.07 Å². The largest absolute Gasteiger partial charge is 0.384 e. The molecule has 0 radical (unpaired) electrons. The van der Waals surface area contributed by atoms with Gasteiger partial charge in [0.1, 0.15) is 11.5 Å². The van der Waals surface area contributed by atoms with Crippen LogP contribution in [0, 0.1) is 5.41 Å². The molecule has 1 aliphatic heterocycles. The fourth-order valence-electron chi connectivity index (χ4n) is 4.55. The zero-order chi connectivity index (χ0) is 22.9. The minimum Gasteiger partial charge on any atom is -0.384 e. The molecule has 166 valence electrons. The monoisotopic (exact) mass is 439 g/mol. The van der Waals surface area contributed by atoms with Crippen molar-refractivity contribution in [2.24, 2.45) is 5.73 Å². The highest BCUT2D eigenvalue weighted by atomic mass is 16.2. The summed E-state index contributed by atoms with van der Waals surface area (Å²) in [5, 5.41) is 16.8. The molecule has 1 aromatic heterocycles. The summed E-state index contributed by atoms with van der Waals surface area (Å²) in [5.41, 5.74) is 8.79. The van der Waals surface area contributed by atoms with Crippen molar-refractivity contribution in [1.29, 1.82) is 5.41 Å². The number of fused-ring (bicyclic) bond motifs is 2. The van der Waals surface area contributed by atoms with Crippen LogP contribution in [0.5, 0.6) is 0 Å². The highest BCUT2D eigenvalue weighted by Crippen LogP contribution is 2.26. The van der Waals surface area contributed by atoms with Crippen LogP contribution in [0.1, 0.15) is 34.5 Å². The quantitative estimate of drug-likeness (QED) is 0.283. The minimum absolute atomic E-state index is 0.0194. The molecule has 1 fully saturated rings. The van der Waals surface area contributed by atoms with Gasteiger partial charge in [0.2, 0.25) is 5.91 Å². The second-order valence-electron chi connectivity index (χ2n) is 8.45. The van der Waals surface area contributed by atoms with E-state index in [0.29, 0.717) is 30.8 Å². The summed E-state index contributed by atoms with van der Waals surface area (Å²) < 4.78 is 1.97. The van der Waals surface area contributed by atoms with Gasteiger partial charge in [-0.05, 0) is 34.9 Å². The number of nitrogens with one attached hydrogen (secondary N) is 3. The molecule has 1 unspecified atom stereocenters. The highest BCUT2D eigenvalue weighted by Gasteiger charge is 2.24. The van der Waals surface area contributed by atoms with Crippen molar-refractivity contribution >= 4 is 39.3 Å². The Hall–Kier alpha value is -4.13. The third-order valence-corrected chi connectivity index (χ3v) is 6.24. The van der Waals surface area contributed by atoms with Crippen molar-refractivity contribution in [3.05, 3.63) is 83.6 Å². The number of carbonyl (C=O) groups excluding carboxylic acids is 2. The Kier molecular flexibility index (Phi) is 5.30. The van der Waals surface area contributed by atoms with Crippen LogP contribution in [-0.2, 0) is 11.3 Å². The molecule has 33 heavy (non-hydrogen) atoms. The van der Waals surface area contributed by atoms with Crippen LogP contribution in [0.15, 0.2) is 66.7 Å². The van der Waals surface area contributed by atoms with Gasteiger partial charge in [-0.3, -0.25) is 15.0 Å². The maximum absolute atomic E-state index is 13.4. The summed E-state index contributed by atoms with van der Waals surface area (Å²) in [4.78, 5) is 25.1. The third kappa shape index (κ3) is 4.05. The fourth-order valence-corrected chi connectivity index (χ4v) is 4.55. The molecule has 7 heteroatoms. The zero-order valence-corrected chi connectivity index (χ0v) is 18.1. The number of hydrogen-bond acceptors (Lipinski definition) is 3. The van der Waals surface area contributed by atoms with Crippen LogP contribution in [0.25, 0.3) is 21.7 Å². The lowest BCUT2D eigenvalue weighted by molar-refractivity contribution is -0.122. The highest BCUT2D eigenvalue weighted by molar-refractivity contribution is 6.02. The Morgan fingerprint density at radius 1 is 1.09 bits per heavy atom. The van der Waals surface area contributed by atoms with Crippen molar-refractivity contribution in [1.82, 2.24) is 15.2 Å². The van der Waals surface area contributed by atoms with E-state index in [0.717, 1.165) is 27.2 Å². The summed E-state index contributed by atoms with van der Waals surface area (Å²) in [6.07, 6.45) is 0.985. The normalized spacial score (nSPS) is 16.0. The van der Waals surface area contributed by atoms with E-state index in [-0.39, 0.29) is 30.1 Å². The molecule has 1 atom stereocenters. The van der Waals surface area contributed by atoms with Crippen molar-refractivity contribution < 1.29 is 9.59 Å². The van der Waals surface area contributed by atoms with Gasteiger partial charge in [-0.25, -0.2) is 0 Å². The van der Waals surface area contributed by atoms with Crippen LogP contribution in [-0.4, -0.2) is 34.8 Å². The topological polar surface area (TPSA) is 113 Å². The van der Waals surface area contributed by atoms with Gasteiger partial charge in [-0.2, -0.15) is 0 Å². The molecular formula is C26H25N5O2. The number of aromatic nitrogens is 1. The molecule has 3 aromatic carbocycles. The molecule has 1 aliphatic rings. The molecule has 0 bridgehead atoms. The number of benzene rings is 3. The molecule has 2 heterocycles. The van der Waals surface area contributed by atoms with Crippen molar-refractivity contribution in [3.8, 4) is 0 Å². The Morgan fingerprint density at radius 3 is 2.73 bits per heavy atom. The minimum atomic E-state index is -0.212. The predicted molar refractivity (Wildman–Crippen MR) is 130 cm³/mol. The van der Waals surface area contributed by atoms with Crippen LogP contribution in [0.3, 0.4) is 0 Å². The smallest absolute Gasteiger partial charge is 0.268 e. The number of nitrogens with zero attached hydrogens (tertiary/aromatic N) is 1. The molecule has 7 nitrogen and oxygen atoms in total. The first-order chi connectivity index (χ1) is 16.0. The molecular weight excluding hydrogens is 414 g/mol. The van der Waals surface area contributed by atoms with Gasteiger partial charge >= 0.3 is 0 Å². The first-order valence-corrected chi connectivity index (χ1v) is 11.0. The summed E-state index contributed by atoms with van der Waals surface area (Å²) in [6, 6.07) is 21.5. The van der Waals surface area contributed by atoms with Gasteiger partial charge in [-0.1, -0.05) is 54.6 Å². The molecule has 4 aromatic rings. The van der Waals surface area contributed by atoms with E-state index < -0.39 is 0 Å². The van der Waals surface area contributed by atoms with E-state index in [1.807, 2.05) is 41.0 Å². The third-order valence-electron chi connectivity index (χ3n) is 6.24. The lowest BCUT2D eigenvalue weighted by atomic mass is 10.0. The van der Waals surface area contributed by atoms with Gasteiger partial charge in [0.15, 0.2) is 0 Å². The Bertz CT molecular complexity index is 1400. The van der Waals surface area contributed by atoms with Crippen molar-refractivity contribution in [2.75, 3.05) is 6.54 Å². The maximum Gasteiger partial charge on any atom is 0.268 e. The first kappa shape index (κ1) is 20.8. The van der Waals surface area contributed by atoms with Crippen LogP contribution >= 0.6 is 0 Å². The van der Waals surface area contributed by atoms with E-state index >= 15 is 0 Å². The lowest BCUT2D eigenvalue weighted by Crippen LogP contribution is -2.45. The second-order valence-corrected chi connectivity index (χ2v) is 8.45. The van der Waals surface area contributed by atoms with Gasteiger partial charge < -0.3 is 20.9 Å². The second kappa shape index (κ2) is 8.43. The molecule has 5 N–H and O–H groups in total. The summed E-state index contributed by atoms with van der Waals surface area (Å²) in [5.74, 6) is -0.279. The standard InChI is InChI=1S/C26H25N5O2/c27-25(28)18-9-8-17-12-23(26(33)30-20-10-11-29-24(32)14-20)31(22(17)13-18)15-19-6-3-5-16-4-1-2-7-21(16)19/h1-9,12-13,20H,10-11,14-15H2,(H3,27,28)(H,29,32)(H,30,33). The number of nitrogens with two attached hydrogens (primary N) is 1. The first-order valence-electron chi connectivity index (χ1n) is 11.0. The van der Waals surface area contributed by atoms with Crippen LogP contribution < -0.4 is 16.4 Å². The lowest BCUT2D eigenvalue weighted by Gasteiger charge is -2.23. The van der Waals surface area contributed by atoms with E-state index in [1.165, 1.54) is 0 Å². The average molecular weight is 440 g/mol. The Morgan fingerprint density at radius 2 is 1.91 bits per heavy atom. The fraction of sp³-hybridized carbons (Fsp3) is 0.192. The Labute approximate surface area is 191 Å².